The predicted octanol–water partition coefficient (Wildman–Crippen LogP) is 3.70. The van der Waals surface area contributed by atoms with Crippen LogP contribution in [-0.2, 0) is 11.2 Å². The molecule has 2 heterocycles. The minimum absolute atomic E-state index is 0.0222. The van der Waals surface area contributed by atoms with Gasteiger partial charge in [-0.3, -0.25) is 14.6 Å². The van der Waals surface area contributed by atoms with Gasteiger partial charge in [-0.15, -0.1) is 11.3 Å². The molecular weight excluding hydrogens is 370 g/mol. The number of carbonyl (C=O) groups excluding carboxylic acids is 2. The summed E-state index contributed by atoms with van der Waals surface area (Å²) in [5.74, 6) is 0.0377. The summed E-state index contributed by atoms with van der Waals surface area (Å²) in [6, 6.07) is 12.1. The van der Waals surface area contributed by atoms with E-state index in [2.05, 4.69) is 15.6 Å². The summed E-state index contributed by atoms with van der Waals surface area (Å²) in [4.78, 5) is 29.0. The molecule has 0 saturated heterocycles. The van der Waals surface area contributed by atoms with Gasteiger partial charge in [-0.25, -0.2) is 0 Å². The number of benzene rings is 1. The summed E-state index contributed by atoms with van der Waals surface area (Å²) < 4.78 is 1.12. The molecule has 0 spiro atoms. The van der Waals surface area contributed by atoms with Crippen molar-refractivity contribution in [3.63, 3.8) is 0 Å². The van der Waals surface area contributed by atoms with Crippen molar-refractivity contribution in [1.29, 1.82) is 0 Å². The monoisotopic (exact) mass is 393 g/mol. The van der Waals surface area contributed by atoms with Gasteiger partial charge in [-0.05, 0) is 43.4 Å². The Morgan fingerprint density at radius 3 is 2.71 bits per heavy atom. The lowest BCUT2D eigenvalue weighted by atomic mass is 10.1. The van der Waals surface area contributed by atoms with Crippen molar-refractivity contribution in [2.24, 2.45) is 0 Å². The number of pyridine rings is 1. The number of nitrogens with zero attached hydrogens (tertiary/aromatic N) is 1. The molecule has 2 aromatic heterocycles. The fourth-order valence-corrected chi connectivity index (χ4v) is 4.71. The Balaban J connectivity index is 1.26. The molecule has 0 bridgehead atoms. The number of rotatable bonds is 6. The summed E-state index contributed by atoms with van der Waals surface area (Å²) in [6.45, 7) is 0. The smallest absolute Gasteiger partial charge is 0.252 e. The first-order valence-corrected chi connectivity index (χ1v) is 10.5. The SMILES string of the molecule is O=C(CCc1cccnc1)N[C@@H]1CC[C@H](NC(=O)c2csc3ccccc23)C1. The zero-order chi connectivity index (χ0) is 19.3. The van der Waals surface area contributed by atoms with E-state index in [9.17, 15) is 9.59 Å². The largest absolute Gasteiger partial charge is 0.353 e. The van der Waals surface area contributed by atoms with Crippen molar-refractivity contribution < 1.29 is 9.59 Å². The van der Waals surface area contributed by atoms with Crippen LogP contribution in [0, 0.1) is 0 Å². The van der Waals surface area contributed by atoms with Crippen molar-refractivity contribution in [2.45, 2.75) is 44.2 Å². The van der Waals surface area contributed by atoms with Crippen molar-refractivity contribution in [1.82, 2.24) is 15.6 Å². The van der Waals surface area contributed by atoms with E-state index in [1.807, 2.05) is 41.8 Å². The molecule has 1 saturated carbocycles. The molecule has 2 atom stereocenters. The van der Waals surface area contributed by atoms with Crippen LogP contribution in [0.15, 0.2) is 54.2 Å². The molecule has 0 unspecified atom stereocenters. The van der Waals surface area contributed by atoms with Gasteiger partial charge in [0, 0.05) is 46.4 Å². The van der Waals surface area contributed by atoms with Crippen molar-refractivity contribution >= 4 is 33.2 Å². The van der Waals surface area contributed by atoms with E-state index in [1.165, 1.54) is 0 Å². The number of carbonyl (C=O) groups is 2. The van der Waals surface area contributed by atoms with E-state index in [0.29, 0.717) is 12.8 Å². The van der Waals surface area contributed by atoms with Crippen molar-refractivity contribution in [3.8, 4) is 0 Å². The molecule has 1 fully saturated rings. The van der Waals surface area contributed by atoms with Crippen LogP contribution in [0.4, 0.5) is 0 Å². The maximum absolute atomic E-state index is 12.7. The number of amides is 2. The maximum Gasteiger partial charge on any atom is 0.252 e. The molecule has 28 heavy (non-hydrogen) atoms. The fraction of sp³-hybridized carbons (Fsp3) is 0.318. The topological polar surface area (TPSA) is 71.1 Å². The number of nitrogens with one attached hydrogen (secondary N) is 2. The highest BCUT2D eigenvalue weighted by molar-refractivity contribution is 7.17. The van der Waals surface area contributed by atoms with Crippen LogP contribution in [0.3, 0.4) is 0 Å². The Morgan fingerprint density at radius 1 is 1.07 bits per heavy atom. The fourth-order valence-electron chi connectivity index (χ4n) is 3.76. The van der Waals surface area contributed by atoms with Crippen molar-refractivity contribution in [3.05, 3.63) is 65.3 Å². The highest BCUT2D eigenvalue weighted by Gasteiger charge is 2.27. The van der Waals surface area contributed by atoms with Gasteiger partial charge in [0.15, 0.2) is 0 Å². The highest BCUT2D eigenvalue weighted by atomic mass is 32.1. The highest BCUT2D eigenvalue weighted by Crippen LogP contribution is 2.26. The number of aryl methyl sites for hydroxylation is 1. The van der Waals surface area contributed by atoms with E-state index in [1.54, 1.807) is 23.7 Å². The first-order valence-electron chi connectivity index (χ1n) is 9.64. The minimum Gasteiger partial charge on any atom is -0.353 e. The summed E-state index contributed by atoms with van der Waals surface area (Å²) in [5, 5.41) is 9.18. The van der Waals surface area contributed by atoms with Crippen LogP contribution in [0.5, 0.6) is 0 Å². The molecule has 5 nitrogen and oxygen atoms in total. The molecule has 4 rings (SSSR count). The van der Waals surface area contributed by atoms with Gasteiger partial charge in [0.05, 0.1) is 5.56 Å². The molecule has 6 heteroatoms. The zero-order valence-electron chi connectivity index (χ0n) is 15.6. The van der Waals surface area contributed by atoms with Crippen LogP contribution in [-0.4, -0.2) is 28.9 Å². The quantitative estimate of drug-likeness (QED) is 0.671. The number of hydrogen-bond donors (Lipinski definition) is 2. The third-order valence-corrected chi connectivity index (χ3v) is 6.19. The molecule has 0 aliphatic heterocycles. The second kappa shape index (κ2) is 8.52. The van der Waals surface area contributed by atoms with Gasteiger partial charge in [0.25, 0.3) is 5.91 Å². The van der Waals surface area contributed by atoms with Gasteiger partial charge in [0.2, 0.25) is 5.91 Å². The molecule has 1 aromatic carbocycles. The lowest BCUT2D eigenvalue weighted by Gasteiger charge is -2.15. The van der Waals surface area contributed by atoms with Crippen LogP contribution in [0.25, 0.3) is 10.1 Å². The Hall–Kier alpha value is -2.73. The Morgan fingerprint density at radius 2 is 1.89 bits per heavy atom. The standard InChI is InChI=1S/C22H23N3O2S/c26-21(10-7-15-4-3-11-23-13-15)24-16-8-9-17(12-16)25-22(27)19-14-28-20-6-2-1-5-18(19)20/h1-6,11,13-14,16-17H,7-10,12H2,(H,24,26)(H,25,27)/t16-,17+/m1/s1. The minimum atomic E-state index is -0.0222. The second-order valence-electron chi connectivity index (χ2n) is 7.25. The Bertz CT molecular complexity index is 970. The zero-order valence-corrected chi connectivity index (χ0v) is 16.4. The molecule has 1 aliphatic rings. The molecule has 0 radical (unpaired) electrons. The van der Waals surface area contributed by atoms with Crippen LogP contribution >= 0.6 is 11.3 Å². The average Bonchev–Trinajstić information content (AvgIpc) is 3.34. The Kier molecular flexibility index (Phi) is 5.67. The lowest BCUT2D eigenvalue weighted by molar-refractivity contribution is -0.121. The van der Waals surface area contributed by atoms with E-state index in [-0.39, 0.29) is 23.9 Å². The van der Waals surface area contributed by atoms with Crippen LogP contribution < -0.4 is 10.6 Å². The molecule has 1 aliphatic carbocycles. The summed E-state index contributed by atoms with van der Waals surface area (Å²) >= 11 is 1.59. The van der Waals surface area contributed by atoms with E-state index in [0.717, 1.165) is 40.5 Å². The molecular formula is C22H23N3O2S. The van der Waals surface area contributed by atoms with Crippen LogP contribution in [0.1, 0.15) is 41.6 Å². The first-order chi connectivity index (χ1) is 13.7. The van der Waals surface area contributed by atoms with E-state index >= 15 is 0 Å². The molecule has 144 valence electrons. The van der Waals surface area contributed by atoms with Gasteiger partial charge >= 0.3 is 0 Å². The van der Waals surface area contributed by atoms with E-state index in [4.69, 9.17) is 0 Å². The molecule has 2 amide bonds. The van der Waals surface area contributed by atoms with Gasteiger partial charge in [-0.2, -0.15) is 0 Å². The Labute approximate surface area is 168 Å². The third kappa shape index (κ3) is 4.39. The summed E-state index contributed by atoms with van der Waals surface area (Å²) in [7, 11) is 0. The van der Waals surface area contributed by atoms with Gasteiger partial charge in [0.1, 0.15) is 0 Å². The van der Waals surface area contributed by atoms with Gasteiger partial charge in [-0.1, -0.05) is 24.3 Å². The summed E-state index contributed by atoms with van der Waals surface area (Å²) in [6.07, 6.45) is 7.25. The number of thiophene rings is 1. The van der Waals surface area contributed by atoms with E-state index < -0.39 is 0 Å². The maximum atomic E-state index is 12.7. The molecule has 2 N–H and O–H groups in total. The summed E-state index contributed by atoms with van der Waals surface area (Å²) in [5.41, 5.74) is 1.81. The third-order valence-electron chi connectivity index (χ3n) is 5.22. The first kappa shape index (κ1) is 18.6. The van der Waals surface area contributed by atoms with Gasteiger partial charge < -0.3 is 10.6 Å². The predicted molar refractivity (Wildman–Crippen MR) is 111 cm³/mol. The van der Waals surface area contributed by atoms with Crippen molar-refractivity contribution in [2.75, 3.05) is 0 Å². The number of aromatic nitrogens is 1. The normalized spacial score (nSPS) is 18.9. The lowest BCUT2D eigenvalue weighted by Crippen LogP contribution is -2.37. The van der Waals surface area contributed by atoms with Crippen LogP contribution in [0.2, 0.25) is 0 Å². The second-order valence-corrected chi connectivity index (χ2v) is 8.17. The number of fused-ring (bicyclic) bond motifs is 1. The average molecular weight is 394 g/mol. The molecule has 3 aromatic rings. The number of hydrogen-bond acceptors (Lipinski definition) is 4.